The number of aliphatic carboxylic acids is 1. The van der Waals surface area contributed by atoms with E-state index in [2.05, 4.69) is 56.6 Å². The lowest BCUT2D eigenvalue weighted by Gasteiger charge is -2.14. The number of benzene rings is 1. The SMILES string of the molecule is CC(C)=CCC/C(C)=C/CC/C(C)=C/CSCC(NC(=O)Nc1ccccc1)C(=O)O. The molecule has 0 aliphatic rings. The zero-order valence-electron chi connectivity index (χ0n) is 19.1. The predicted octanol–water partition coefficient (Wildman–Crippen LogP) is 6.41. The van der Waals surface area contributed by atoms with Gasteiger partial charge in [-0.25, -0.2) is 9.59 Å². The third kappa shape index (κ3) is 13.4. The third-order valence-corrected chi connectivity index (χ3v) is 5.56. The highest BCUT2D eigenvalue weighted by atomic mass is 32.2. The van der Waals surface area contributed by atoms with E-state index in [0.29, 0.717) is 11.4 Å². The second-order valence-electron chi connectivity index (χ2n) is 7.85. The molecule has 0 saturated carbocycles. The van der Waals surface area contributed by atoms with Crippen molar-refractivity contribution in [2.75, 3.05) is 16.8 Å². The van der Waals surface area contributed by atoms with Gasteiger partial charge in [-0.05, 0) is 65.5 Å². The van der Waals surface area contributed by atoms with E-state index < -0.39 is 18.0 Å². The Morgan fingerprint density at radius 1 is 0.968 bits per heavy atom. The van der Waals surface area contributed by atoms with Crippen LogP contribution >= 0.6 is 11.8 Å². The molecule has 1 unspecified atom stereocenters. The summed E-state index contributed by atoms with van der Waals surface area (Å²) in [6, 6.07) is 7.49. The van der Waals surface area contributed by atoms with Gasteiger partial charge in [0.25, 0.3) is 0 Å². The quantitative estimate of drug-likeness (QED) is 0.242. The molecule has 31 heavy (non-hydrogen) atoms. The maximum atomic E-state index is 12.0. The number of urea groups is 1. The molecule has 1 rings (SSSR count). The number of hydrogen-bond donors (Lipinski definition) is 3. The van der Waals surface area contributed by atoms with Gasteiger partial charge in [0.15, 0.2) is 0 Å². The fourth-order valence-corrected chi connectivity index (χ4v) is 3.75. The summed E-state index contributed by atoms with van der Waals surface area (Å²) < 4.78 is 0. The minimum absolute atomic E-state index is 0.310. The van der Waals surface area contributed by atoms with E-state index in [4.69, 9.17) is 0 Å². The second-order valence-corrected chi connectivity index (χ2v) is 8.93. The van der Waals surface area contributed by atoms with Gasteiger partial charge >= 0.3 is 12.0 Å². The molecular weight excluding hydrogens is 408 g/mol. The topological polar surface area (TPSA) is 78.4 Å². The molecule has 6 heteroatoms. The van der Waals surface area contributed by atoms with Crippen LogP contribution < -0.4 is 10.6 Å². The molecule has 1 aromatic rings. The first-order valence-corrected chi connectivity index (χ1v) is 11.8. The normalized spacial score (nSPS) is 12.8. The molecule has 3 N–H and O–H groups in total. The first-order valence-electron chi connectivity index (χ1n) is 10.7. The van der Waals surface area contributed by atoms with E-state index in [-0.39, 0.29) is 0 Å². The van der Waals surface area contributed by atoms with Crippen molar-refractivity contribution in [3.63, 3.8) is 0 Å². The first-order chi connectivity index (χ1) is 14.8. The van der Waals surface area contributed by atoms with Crippen LogP contribution in [0, 0.1) is 0 Å². The van der Waals surface area contributed by atoms with Crippen molar-refractivity contribution in [1.29, 1.82) is 0 Å². The van der Waals surface area contributed by atoms with Gasteiger partial charge in [0.1, 0.15) is 6.04 Å². The first kappa shape index (κ1) is 26.6. The second kappa shape index (κ2) is 15.3. The molecule has 0 bridgehead atoms. The molecule has 5 nitrogen and oxygen atoms in total. The number of nitrogens with one attached hydrogen (secondary N) is 2. The number of carbonyl (C=O) groups excluding carboxylic acids is 1. The Morgan fingerprint density at radius 2 is 1.58 bits per heavy atom. The van der Waals surface area contributed by atoms with E-state index in [1.54, 1.807) is 24.3 Å². The van der Waals surface area contributed by atoms with Gasteiger partial charge in [0.2, 0.25) is 0 Å². The highest BCUT2D eigenvalue weighted by molar-refractivity contribution is 7.99. The van der Waals surface area contributed by atoms with Crippen LogP contribution in [0.5, 0.6) is 0 Å². The maximum Gasteiger partial charge on any atom is 0.327 e. The van der Waals surface area contributed by atoms with Crippen LogP contribution in [0.25, 0.3) is 0 Å². The summed E-state index contributed by atoms with van der Waals surface area (Å²) >= 11 is 1.50. The number of carboxylic acids is 1. The molecule has 0 heterocycles. The minimum Gasteiger partial charge on any atom is -0.480 e. The largest absolute Gasteiger partial charge is 0.480 e. The number of carbonyl (C=O) groups is 2. The average molecular weight is 445 g/mol. The monoisotopic (exact) mass is 444 g/mol. The maximum absolute atomic E-state index is 12.0. The molecule has 170 valence electrons. The van der Waals surface area contributed by atoms with Gasteiger partial charge in [-0.3, -0.25) is 0 Å². The van der Waals surface area contributed by atoms with Gasteiger partial charge in [-0.15, -0.1) is 0 Å². The van der Waals surface area contributed by atoms with Crippen LogP contribution in [0.3, 0.4) is 0 Å². The fraction of sp³-hybridized carbons (Fsp3) is 0.440. The number of hydrogen-bond acceptors (Lipinski definition) is 3. The summed E-state index contributed by atoms with van der Waals surface area (Å²) in [5.41, 5.74) is 4.70. The van der Waals surface area contributed by atoms with Crippen LogP contribution in [0.4, 0.5) is 10.5 Å². The summed E-state index contributed by atoms with van der Waals surface area (Å²) in [6.07, 6.45) is 10.9. The number of anilines is 1. The van der Waals surface area contributed by atoms with Gasteiger partial charge < -0.3 is 15.7 Å². The molecule has 0 fully saturated rings. The number of amides is 2. The van der Waals surface area contributed by atoms with Crippen molar-refractivity contribution in [3.05, 3.63) is 65.3 Å². The molecule has 0 aromatic heterocycles. The van der Waals surface area contributed by atoms with E-state index >= 15 is 0 Å². The number of carboxylic acid groups (broad SMARTS) is 1. The minimum atomic E-state index is -1.04. The number of thioether (sulfide) groups is 1. The van der Waals surface area contributed by atoms with Crippen LogP contribution in [0.15, 0.2) is 65.3 Å². The average Bonchev–Trinajstić information content (AvgIpc) is 2.70. The van der Waals surface area contributed by atoms with E-state index in [1.807, 2.05) is 6.07 Å². The van der Waals surface area contributed by atoms with Crippen molar-refractivity contribution >= 4 is 29.4 Å². The summed E-state index contributed by atoms with van der Waals surface area (Å²) in [4.78, 5) is 23.5. The van der Waals surface area contributed by atoms with Gasteiger partial charge in [0, 0.05) is 17.2 Å². The number of para-hydroxylation sites is 1. The molecule has 0 spiro atoms. The number of allylic oxidation sites excluding steroid dienone is 5. The third-order valence-electron chi connectivity index (χ3n) is 4.59. The Morgan fingerprint density at radius 3 is 2.19 bits per heavy atom. The van der Waals surface area contributed by atoms with Crippen LogP contribution in [0.1, 0.15) is 53.4 Å². The van der Waals surface area contributed by atoms with Crippen molar-refractivity contribution in [3.8, 4) is 0 Å². The van der Waals surface area contributed by atoms with Gasteiger partial charge in [-0.2, -0.15) is 11.8 Å². The highest BCUT2D eigenvalue weighted by Gasteiger charge is 2.19. The van der Waals surface area contributed by atoms with Gasteiger partial charge in [0.05, 0.1) is 0 Å². The Hall–Kier alpha value is -2.47. The lowest BCUT2D eigenvalue weighted by Crippen LogP contribution is -2.44. The van der Waals surface area contributed by atoms with Crippen LogP contribution in [-0.4, -0.2) is 34.7 Å². The zero-order chi connectivity index (χ0) is 23.1. The van der Waals surface area contributed by atoms with Crippen LogP contribution in [0.2, 0.25) is 0 Å². The molecule has 0 aliphatic carbocycles. The zero-order valence-corrected chi connectivity index (χ0v) is 19.9. The number of rotatable bonds is 13. The molecular formula is C25H36N2O3S. The Bertz CT molecular complexity index is 781. The van der Waals surface area contributed by atoms with Crippen molar-refractivity contribution in [1.82, 2.24) is 5.32 Å². The van der Waals surface area contributed by atoms with Gasteiger partial charge in [-0.1, -0.05) is 53.1 Å². The highest BCUT2D eigenvalue weighted by Crippen LogP contribution is 2.13. The standard InChI is InChI=1S/C25H36N2O3S/c1-19(2)10-8-11-20(3)12-9-13-21(4)16-17-31-18-23(24(28)29)27-25(30)26-22-14-6-5-7-15-22/h5-7,10,12,14-16,23H,8-9,11,13,17-18H2,1-4H3,(H,28,29)(H2,26,27,30)/b20-12+,21-16+. The smallest absolute Gasteiger partial charge is 0.327 e. The Balaban J connectivity index is 2.33. The Kier molecular flexibility index (Phi) is 13.2. The lowest BCUT2D eigenvalue weighted by atomic mass is 10.1. The van der Waals surface area contributed by atoms with E-state index in [9.17, 15) is 14.7 Å². The molecule has 0 radical (unpaired) electrons. The molecule has 1 aromatic carbocycles. The molecule has 0 saturated heterocycles. The molecule has 1 atom stereocenters. The van der Waals surface area contributed by atoms with Crippen LogP contribution in [-0.2, 0) is 4.79 Å². The lowest BCUT2D eigenvalue weighted by molar-refractivity contribution is -0.138. The van der Waals surface area contributed by atoms with Crippen molar-refractivity contribution < 1.29 is 14.7 Å². The van der Waals surface area contributed by atoms with E-state index in [1.165, 1.54) is 28.5 Å². The van der Waals surface area contributed by atoms with E-state index in [0.717, 1.165) is 31.4 Å². The van der Waals surface area contributed by atoms with Crippen molar-refractivity contribution in [2.24, 2.45) is 0 Å². The summed E-state index contributed by atoms with van der Waals surface area (Å²) in [6.45, 7) is 8.53. The molecule has 2 amide bonds. The summed E-state index contributed by atoms with van der Waals surface area (Å²) in [5.74, 6) is -0.00361. The van der Waals surface area contributed by atoms with Crippen molar-refractivity contribution in [2.45, 2.75) is 59.4 Å². The molecule has 0 aliphatic heterocycles. The fourth-order valence-electron chi connectivity index (χ4n) is 2.75. The Labute approximate surface area is 191 Å². The predicted molar refractivity (Wildman–Crippen MR) is 133 cm³/mol. The summed E-state index contributed by atoms with van der Waals surface area (Å²) in [5, 5.41) is 14.5. The summed E-state index contributed by atoms with van der Waals surface area (Å²) in [7, 11) is 0.